The van der Waals surface area contributed by atoms with E-state index in [0.717, 1.165) is 34.1 Å². The van der Waals surface area contributed by atoms with Crippen molar-refractivity contribution >= 4 is 27.4 Å². The highest BCUT2D eigenvalue weighted by atomic mass is 31.2. The van der Waals surface area contributed by atoms with E-state index in [4.69, 9.17) is 18.1 Å². The smallest absolute Gasteiger partial charge is 0.326 e. The minimum absolute atomic E-state index is 0.0279. The van der Waals surface area contributed by atoms with E-state index in [1.165, 1.54) is 5.56 Å². The van der Waals surface area contributed by atoms with E-state index in [1.807, 2.05) is 97.1 Å². The summed E-state index contributed by atoms with van der Waals surface area (Å²) in [5.74, 6) is 3.08. The molecule has 5 rings (SSSR count). The summed E-state index contributed by atoms with van der Waals surface area (Å²) in [4.78, 5) is 0. The first-order chi connectivity index (χ1) is 21.6. The zero-order chi connectivity index (χ0) is 31.9. The molecule has 0 amide bonds. The summed E-state index contributed by atoms with van der Waals surface area (Å²) < 4.78 is 26.4. The molecule has 5 aromatic rings. The van der Waals surface area contributed by atoms with E-state index in [1.54, 1.807) is 0 Å². The second-order valence-electron chi connectivity index (χ2n) is 12.5. The SMILES string of the molecule is CCC(C)(C)c1ccccc1OP(Oc1ccc(OP(Oc2ccccc2C(C)(C)C)c2ccccc2)cc1)c1ccccc1. The normalized spacial score (nSPS) is 13.0. The maximum atomic E-state index is 6.68. The predicted molar refractivity (Wildman–Crippen MR) is 190 cm³/mol. The van der Waals surface area contributed by atoms with Gasteiger partial charge in [0.05, 0.1) is 10.6 Å². The van der Waals surface area contributed by atoms with Gasteiger partial charge >= 0.3 is 16.8 Å². The fourth-order valence-electron chi connectivity index (χ4n) is 4.74. The van der Waals surface area contributed by atoms with Gasteiger partial charge in [-0.05, 0) is 83.5 Å². The molecule has 0 aromatic heterocycles. The van der Waals surface area contributed by atoms with Crippen LogP contribution in [-0.4, -0.2) is 0 Å². The molecule has 0 spiro atoms. The predicted octanol–water partition coefficient (Wildman–Crippen LogP) is 10.9. The van der Waals surface area contributed by atoms with Crippen LogP contribution in [0.4, 0.5) is 0 Å². The van der Waals surface area contributed by atoms with E-state index in [9.17, 15) is 0 Å². The second-order valence-corrected chi connectivity index (χ2v) is 15.3. The number of para-hydroxylation sites is 2. The Labute approximate surface area is 271 Å². The highest BCUT2D eigenvalue weighted by Crippen LogP contribution is 2.46. The highest BCUT2D eigenvalue weighted by Gasteiger charge is 2.27. The van der Waals surface area contributed by atoms with Gasteiger partial charge in [-0.1, -0.05) is 114 Å². The molecule has 0 fully saturated rings. The van der Waals surface area contributed by atoms with Crippen molar-refractivity contribution in [3.05, 3.63) is 145 Å². The lowest BCUT2D eigenvalue weighted by Gasteiger charge is -2.28. The zero-order valence-electron chi connectivity index (χ0n) is 26.9. The molecule has 0 N–H and O–H groups in total. The Bertz CT molecular complexity index is 1650. The monoisotopic (exact) mass is 636 g/mol. The van der Waals surface area contributed by atoms with Crippen molar-refractivity contribution in [3.8, 4) is 23.0 Å². The maximum Gasteiger partial charge on any atom is 0.326 e. The van der Waals surface area contributed by atoms with Gasteiger partial charge in [0, 0.05) is 5.56 Å². The summed E-state index contributed by atoms with van der Waals surface area (Å²) in [6.45, 7) is 13.3. The molecule has 0 aliphatic heterocycles. The summed E-state index contributed by atoms with van der Waals surface area (Å²) >= 11 is 0. The molecule has 232 valence electrons. The molecule has 6 heteroatoms. The molecular formula is C39H42O4P2. The van der Waals surface area contributed by atoms with Gasteiger partial charge in [-0.3, -0.25) is 0 Å². The molecule has 0 aliphatic rings. The van der Waals surface area contributed by atoms with Crippen LogP contribution in [-0.2, 0) is 10.8 Å². The summed E-state index contributed by atoms with van der Waals surface area (Å²) in [6.07, 6.45) is 0.996. The van der Waals surface area contributed by atoms with E-state index in [0.29, 0.717) is 11.5 Å². The minimum atomic E-state index is -1.45. The third-order valence-electron chi connectivity index (χ3n) is 7.69. The van der Waals surface area contributed by atoms with Crippen LogP contribution in [0.1, 0.15) is 59.1 Å². The lowest BCUT2D eigenvalue weighted by molar-refractivity contribution is 0.458. The van der Waals surface area contributed by atoms with Crippen LogP contribution < -0.4 is 28.7 Å². The zero-order valence-corrected chi connectivity index (χ0v) is 28.7. The molecule has 0 saturated carbocycles. The van der Waals surface area contributed by atoms with Gasteiger partial charge in [0.2, 0.25) is 0 Å². The maximum absolute atomic E-state index is 6.68. The first kappa shape index (κ1) is 32.6. The van der Waals surface area contributed by atoms with Crippen LogP contribution in [0.2, 0.25) is 0 Å². The average molecular weight is 637 g/mol. The third-order valence-corrected chi connectivity index (χ3v) is 10.6. The highest BCUT2D eigenvalue weighted by molar-refractivity contribution is 7.57. The van der Waals surface area contributed by atoms with Gasteiger partial charge in [-0.15, -0.1) is 0 Å². The van der Waals surface area contributed by atoms with Crippen molar-refractivity contribution in [1.82, 2.24) is 0 Å². The molecule has 2 atom stereocenters. The molecule has 5 aromatic carbocycles. The summed E-state index contributed by atoms with van der Waals surface area (Å²) in [7, 11) is -2.89. The number of hydrogen-bond acceptors (Lipinski definition) is 4. The quantitative estimate of drug-likeness (QED) is 0.128. The molecule has 0 saturated heterocycles. The fraction of sp³-hybridized carbons (Fsp3) is 0.231. The summed E-state index contributed by atoms with van der Waals surface area (Å²) in [5, 5.41) is 1.99. The average Bonchev–Trinajstić information content (AvgIpc) is 3.06. The molecule has 4 nitrogen and oxygen atoms in total. The van der Waals surface area contributed by atoms with Crippen LogP contribution >= 0.6 is 16.8 Å². The molecule has 2 unspecified atom stereocenters. The Morgan fingerprint density at radius 3 is 1.24 bits per heavy atom. The topological polar surface area (TPSA) is 36.9 Å². The second kappa shape index (κ2) is 14.5. The van der Waals surface area contributed by atoms with Crippen LogP contribution in [0.25, 0.3) is 0 Å². The molecule has 0 aliphatic carbocycles. The first-order valence-corrected chi connectivity index (χ1v) is 17.7. The van der Waals surface area contributed by atoms with E-state index in [-0.39, 0.29) is 10.8 Å². The number of rotatable bonds is 12. The summed E-state index contributed by atoms with van der Waals surface area (Å²) in [5.41, 5.74) is 2.21. The first-order valence-electron chi connectivity index (χ1n) is 15.4. The molecule has 0 heterocycles. The number of hydrogen-bond donors (Lipinski definition) is 0. The Morgan fingerprint density at radius 1 is 0.444 bits per heavy atom. The minimum Gasteiger partial charge on any atom is -0.435 e. The molecule has 45 heavy (non-hydrogen) atoms. The molecule has 0 radical (unpaired) electrons. The Hall–Kier alpha value is -3.84. The Balaban J connectivity index is 1.38. The van der Waals surface area contributed by atoms with Crippen molar-refractivity contribution < 1.29 is 18.1 Å². The van der Waals surface area contributed by atoms with Crippen LogP contribution in [0.15, 0.2) is 133 Å². The van der Waals surface area contributed by atoms with Crippen LogP contribution in [0.5, 0.6) is 23.0 Å². The molecule has 0 bridgehead atoms. The van der Waals surface area contributed by atoms with Crippen molar-refractivity contribution in [1.29, 1.82) is 0 Å². The van der Waals surface area contributed by atoms with E-state index < -0.39 is 16.8 Å². The van der Waals surface area contributed by atoms with Crippen molar-refractivity contribution in [3.63, 3.8) is 0 Å². The lowest BCUT2D eigenvalue weighted by Crippen LogP contribution is -2.18. The van der Waals surface area contributed by atoms with E-state index in [2.05, 4.69) is 77.9 Å². The molecular weight excluding hydrogens is 594 g/mol. The largest absolute Gasteiger partial charge is 0.435 e. The third kappa shape index (κ3) is 8.46. The van der Waals surface area contributed by atoms with Crippen molar-refractivity contribution in [2.75, 3.05) is 0 Å². The van der Waals surface area contributed by atoms with E-state index >= 15 is 0 Å². The van der Waals surface area contributed by atoms with Gasteiger partial charge in [0.1, 0.15) is 23.0 Å². The van der Waals surface area contributed by atoms with Gasteiger partial charge in [0.25, 0.3) is 0 Å². The number of benzene rings is 5. The standard InChI is InChI=1S/C39H42O4P2/c1-7-39(5,6)35-23-15-17-25-37(35)43-45(33-20-12-9-13-21-33)41-31-28-26-30(27-29-31)40-44(32-18-10-8-11-19-32)42-36-24-16-14-22-34(36)38(2,3)4/h8-29H,7H2,1-6H3. The van der Waals surface area contributed by atoms with Crippen molar-refractivity contribution in [2.45, 2.75) is 58.8 Å². The van der Waals surface area contributed by atoms with Crippen LogP contribution in [0, 0.1) is 0 Å². The Morgan fingerprint density at radius 2 is 0.822 bits per heavy atom. The van der Waals surface area contributed by atoms with Crippen molar-refractivity contribution in [2.24, 2.45) is 0 Å². The Kier molecular flexibility index (Phi) is 10.5. The summed E-state index contributed by atoms with van der Waals surface area (Å²) in [6, 6.07) is 44.4. The van der Waals surface area contributed by atoms with Gasteiger partial charge < -0.3 is 18.1 Å². The van der Waals surface area contributed by atoms with Crippen LogP contribution in [0.3, 0.4) is 0 Å². The fourth-order valence-corrected chi connectivity index (χ4v) is 7.37. The van der Waals surface area contributed by atoms with Gasteiger partial charge in [-0.25, -0.2) is 0 Å². The van der Waals surface area contributed by atoms with Gasteiger partial charge in [0.15, 0.2) is 0 Å². The van der Waals surface area contributed by atoms with Gasteiger partial charge in [-0.2, -0.15) is 0 Å². The lowest BCUT2D eigenvalue weighted by atomic mass is 9.82.